The average molecular weight is 614 g/mol. The number of carbonyl (C=O) groups is 2. The Labute approximate surface area is 262 Å². The molecule has 1 N–H and O–H groups in total. The first-order valence-corrected chi connectivity index (χ1v) is 15.8. The van der Waals surface area contributed by atoms with Crippen molar-refractivity contribution in [2.24, 2.45) is 5.92 Å². The van der Waals surface area contributed by atoms with E-state index < -0.39 is 11.7 Å². The Morgan fingerprint density at radius 2 is 1.93 bits per heavy atom. The average Bonchev–Trinajstić information content (AvgIpc) is 3.69. The molecule has 3 aromatic heterocycles. The zero-order valence-electron chi connectivity index (χ0n) is 25.7. The smallest absolute Gasteiger partial charge is 0.295 e. The molecule has 0 radical (unpaired) electrons. The minimum Gasteiger partial charge on any atom is -0.494 e. The highest BCUT2D eigenvalue weighted by Gasteiger charge is 2.33. The molecule has 0 spiro atoms. The maximum Gasteiger partial charge on any atom is 0.295 e. The fraction of sp³-hybridized carbons (Fsp3) is 0.424. The van der Waals surface area contributed by atoms with E-state index >= 15 is 0 Å². The van der Waals surface area contributed by atoms with E-state index in [4.69, 9.17) is 9.72 Å². The second-order valence-electron chi connectivity index (χ2n) is 11.6. The Morgan fingerprint density at radius 1 is 1.18 bits per heavy atom. The van der Waals surface area contributed by atoms with Crippen LogP contribution in [0.15, 0.2) is 48.1 Å². The molecule has 230 valence electrons. The number of likely N-dealkylation sites (tertiary alicyclic amines) is 1. The number of rotatable bonds is 12. The summed E-state index contributed by atoms with van der Waals surface area (Å²) < 4.78 is 5.58. The Hall–Kier alpha value is -4.11. The normalized spacial score (nSPS) is 14.7. The van der Waals surface area contributed by atoms with Gasteiger partial charge in [-0.25, -0.2) is 9.97 Å². The van der Waals surface area contributed by atoms with E-state index in [0.29, 0.717) is 54.0 Å². The summed E-state index contributed by atoms with van der Waals surface area (Å²) >= 11 is 1.57. The third kappa shape index (κ3) is 6.83. The van der Waals surface area contributed by atoms with Crippen LogP contribution in [0.1, 0.15) is 46.1 Å². The van der Waals surface area contributed by atoms with Crippen LogP contribution in [0.25, 0.3) is 22.3 Å². The Morgan fingerprint density at radius 3 is 2.61 bits per heavy atom. The van der Waals surface area contributed by atoms with Crippen LogP contribution in [0, 0.1) is 17.2 Å². The molecule has 1 amide bonds. The number of aromatic amines is 1. The largest absolute Gasteiger partial charge is 0.494 e. The molecular weight excluding hydrogens is 574 g/mol. The monoisotopic (exact) mass is 613 g/mol. The number of amides is 1. The van der Waals surface area contributed by atoms with Crippen molar-refractivity contribution in [1.82, 2.24) is 29.7 Å². The number of benzene rings is 1. The summed E-state index contributed by atoms with van der Waals surface area (Å²) in [4.78, 5) is 45.7. The van der Waals surface area contributed by atoms with Crippen LogP contribution in [0.5, 0.6) is 5.75 Å². The van der Waals surface area contributed by atoms with Gasteiger partial charge in [-0.2, -0.15) is 5.26 Å². The molecule has 0 aliphatic carbocycles. The van der Waals surface area contributed by atoms with Crippen LogP contribution in [0.3, 0.4) is 0 Å². The number of ketones is 1. The number of nitrogens with zero attached hydrogens (tertiary/aromatic N) is 6. The lowest BCUT2D eigenvalue weighted by Crippen LogP contribution is -2.43. The van der Waals surface area contributed by atoms with Crippen LogP contribution in [-0.4, -0.2) is 95.8 Å². The summed E-state index contributed by atoms with van der Waals surface area (Å²) in [5.74, 6) is -0.836. The van der Waals surface area contributed by atoms with Crippen LogP contribution in [-0.2, 0) is 11.3 Å². The first-order valence-electron chi connectivity index (χ1n) is 14.9. The molecule has 0 unspecified atom stereocenters. The minimum absolute atomic E-state index is 0.129. The van der Waals surface area contributed by atoms with Crippen LogP contribution in [0.4, 0.5) is 0 Å². The molecule has 1 fully saturated rings. The van der Waals surface area contributed by atoms with Crippen LogP contribution in [0.2, 0.25) is 0 Å². The first-order chi connectivity index (χ1) is 21.3. The molecule has 1 atom stereocenters. The fourth-order valence-electron chi connectivity index (χ4n) is 5.91. The van der Waals surface area contributed by atoms with Gasteiger partial charge in [0.15, 0.2) is 0 Å². The summed E-state index contributed by atoms with van der Waals surface area (Å²) in [7, 11) is 7.77. The van der Waals surface area contributed by atoms with Crippen LogP contribution < -0.4 is 4.74 Å². The Balaban J connectivity index is 1.30. The molecule has 1 aliphatic heterocycles. The fourth-order valence-corrected chi connectivity index (χ4v) is 6.77. The molecule has 5 rings (SSSR count). The SMILES string of the molecule is COc1cnc(-c2csc(CN(C)CCCN(C)C)n2)c2[nH]cc(C(=O)C(=O)N3CCC([C@@H](C#N)c4ccccc4)CC3)c12. The van der Waals surface area contributed by atoms with Gasteiger partial charge in [0.25, 0.3) is 11.7 Å². The number of pyridine rings is 1. The highest BCUT2D eigenvalue weighted by atomic mass is 32.1. The zero-order chi connectivity index (χ0) is 31.2. The number of nitrogens with one attached hydrogen (secondary N) is 1. The molecular formula is C33H39N7O3S. The van der Waals surface area contributed by atoms with Gasteiger partial charge in [0.2, 0.25) is 0 Å². The topological polar surface area (TPSA) is 118 Å². The number of hydrogen-bond acceptors (Lipinski definition) is 9. The van der Waals surface area contributed by atoms with E-state index in [-0.39, 0.29) is 17.4 Å². The van der Waals surface area contributed by atoms with Crippen molar-refractivity contribution in [3.05, 3.63) is 64.2 Å². The lowest BCUT2D eigenvalue weighted by Gasteiger charge is -2.33. The van der Waals surface area contributed by atoms with E-state index in [1.54, 1.807) is 28.6 Å². The lowest BCUT2D eigenvalue weighted by molar-refractivity contribution is -0.127. The van der Waals surface area contributed by atoms with Gasteiger partial charge in [0, 0.05) is 24.7 Å². The molecule has 4 heterocycles. The summed E-state index contributed by atoms with van der Waals surface area (Å²) in [6.45, 7) is 3.59. The van der Waals surface area contributed by atoms with Crippen LogP contribution >= 0.6 is 11.3 Å². The molecule has 1 saturated heterocycles. The summed E-state index contributed by atoms with van der Waals surface area (Å²) in [5.41, 5.74) is 3.16. The predicted molar refractivity (Wildman–Crippen MR) is 172 cm³/mol. The van der Waals surface area contributed by atoms with Gasteiger partial charge >= 0.3 is 0 Å². The molecule has 4 aromatic rings. The maximum atomic E-state index is 13.6. The predicted octanol–water partition coefficient (Wildman–Crippen LogP) is 4.81. The number of fused-ring (bicyclic) bond motifs is 1. The maximum absolute atomic E-state index is 13.6. The number of nitriles is 1. The van der Waals surface area contributed by atoms with E-state index in [1.807, 2.05) is 35.7 Å². The number of Topliss-reactive ketones (excluding diaryl/α,β-unsaturated/α-hetero) is 1. The molecule has 0 saturated carbocycles. The molecule has 1 aromatic carbocycles. The molecule has 11 heteroatoms. The lowest BCUT2D eigenvalue weighted by atomic mass is 9.81. The van der Waals surface area contributed by atoms with Crippen molar-refractivity contribution in [2.75, 3.05) is 54.4 Å². The number of piperidine rings is 1. The van der Waals surface area contributed by atoms with Gasteiger partial charge in [-0.05, 0) is 65.0 Å². The first kappa shape index (κ1) is 31.3. The van der Waals surface area contributed by atoms with Gasteiger partial charge in [0.05, 0.1) is 48.3 Å². The highest BCUT2D eigenvalue weighted by molar-refractivity contribution is 7.09. The van der Waals surface area contributed by atoms with Gasteiger partial charge in [-0.15, -0.1) is 11.3 Å². The number of ether oxygens (including phenoxy) is 1. The van der Waals surface area contributed by atoms with Gasteiger partial charge in [-0.3, -0.25) is 14.5 Å². The van der Waals surface area contributed by atoms with Gasteiger partial charge in [0.1, 0.15) is 22.1 Å². The third-order valence-electron chi connectivity index (χ3n) is 8.27. The number of thiazole rings is 1. The van der Waals surface area contributed by atoms with E-state index in [2.05, 4.69) is 47.0 Å². The quantitative estimate of drug-likeness (QED) is 0.179. The minimum atomic E-state index is -0.594. The van der Waals surface area contributed by atoms with Crippen molar-refractivity contribution in [3.8, 4) is 23.2 Å². The summed E-state index contributed by atoms with van der Waals surface area (Å²) in [5, 5.41) is 13.3. The number of carbonyl (C=O) groups excluding carboxylic acids is 2. The van der Waals surface area contributed by atoms with E-state index in [0.717, 1.165) is 36.6 Å². The van der Waals surface area contributed by atoms with Crippen molar-refractivity contribution >= 4 is 33.9 Å². The third-order valence-corrected chi connectivity index (χ3v) is 9.11. The van der Waals surface area contributed by atoms with Gasteiger partial charge in [-0.1, -0.05) is 30.3 Å². The number of aromatic nitrogens is 3. The zero-order valence-corrected chi connectivity index (χ0v) is 26.6. The second kappa shape index (κ2) is 14.1. The number of methoxy groups -OCH3 is 1. The molecule has 10 nitrogen and oxygen atoms in total. The molecule has 0 bridgehead atoms. The highest BCUT2D eigenvalue weighted by Crippen LogP contribution is 2.36. The van der Waals surface area contributed by atoms with Crippen molar-refractivity contribution in [1.29, 1.82) is 5.26 Å². The van der Waals surface area contributed by atoms with E-state index in [1.165, 1.54) is 7.11 Å². The standard InChI is InChI=1S/C33H39N7O3S/c1-38(2)13-8-14-39(3)20-28-37-26(21-44-28)30-31-29(27(43-4)19-36-30)25(18-35-31)32(41)33(42)40-15-11-23(12-16-40)24(17-34)22-9-6-5-7-10-22/h5-7,9-10,18-19,21,23-24,35H,8,11-16,20H2,1-4H3/t24-/m0/s1. The molecule has 1 aliphatic rings. The Bertz CT molecular complexity index is 1630. The van der Waals surface area contributed by atoms with Crippen molar-refractivity contribution < 1.29 is 14.3 Å². The number of H-pyrrole nitrogens is 1. The van der Waals surface area contributed by atoms with E-state index in [9.17, 15) is 14.9 Å². The van der Waals surface area contributed by atoms with Crippen molar-refractivity contribution in [2.45, 2.75) is 31.7 Å². The Kier molecular flexibility index (Phi) is 10.0. The molecule has 44 heavy (non-hydrogen) atoms. The second-order valence-corrected chi connectivity index (χ2v) is 12.6. The number of hydrogen-bond donors (Lipinski definition) is 1. The summed E-state index contributed by atoms with van der Waals surface area (Å²) in [6.07, 6.45) is 5.55. The van der Waals surface area contributed by atoms with Gasteiger partial charge < -0.3 is 19.5 Å². The van der Waals surface area contributed by atoms with Crippen molar-refractivity contribution in [3.63, 3.8) is 0 Å². The summed E-state index contributed by atoms with van der Waals surface area (Å²) in [6, 6.07) is 12.2.